The van der Waals surface area contributed by atoms with Crippen molar-refractivity contribution in [2.45, 2.75) is 38.8 Å². The summed E-state index contributed by atoms with van der Waals surface area (Å²) in [5.41, 5.74) is 0. The molecule has 0 bridgehead atoms. The van der Waals surface area contributed by atoms with Gasteiger partial charge in [-0.05, 0) is 18.8 Å². The summed E-state index contributed by atoms with van der Waals surface area (Å²) in [6.45, 7) is 4.52. The van der Waals surface area contributed by atoms with E-state index in [0.717, 1.165) is 12.7 Å². The van der Waals surface area contributed by atoms with Crippen LogP contribution >= 0.6 is 0 Å². The van der Waals surface area contributed by atoms with Crippen molar-refractivity contribution in [1.82, 2.24) is 9.80 Å². The minimum atomic E-state index is -3.15. The zero-order valence-corrected chi connectivity index (χ0v) is 13.0. The van der Waals surface area contributed by atoms with Gasteiger partial charge in [0, 0.05) is 19.3 Å². The zero-order valence-electron chi connectivity index (χ0n) is 12.2. The molecule has 0 radical (unpaired) electrons. The Balaban J connectivity index is 2.25. The predicted molar refractivity (Wildman–Crippen MR) is 74.8 cm³/mol. The molecule has 2 heterocycles. The summed E-state index contributed by atoms with van der Waals surface area (Å²) in [5, 5.41) is 0. The molecule has 2 aliphatic rings. The summed E-state index contributed by atoms with van der Waals surface area (Å²) in [6.07, 6.45) is 2.67. The van der Waals surface area contributed by atoms with Crippen LogP contribution in [0.3, 0.4) is 0 Å². The SMILES string of the molecule is CC(C)C1C(=O)N2CCCC2C(=O)N1CCS(C)(=O)=O. The van der Waals surface area contributed by atoms with E-state index in [1.54, 1.807) is 4.90 Å². The van der Waals surface area contributed by atoms with E-state index >= 15 is 0 Å². The Morgan fingerprint density at radius 2 is 1.90 bits per heavy atom. The Morgan fingerprint density at radius 3 is 2.45 bits per heavy atom. The van der Waals surface area contributed by atoms with Crippen LogP contribution in [0.5, 0.6) is 0 Å². The van der Waals surface area contributed by atoms with E-state index in [9.17, 15) is 18.0 Å². The van der Waals surface area contributed by atoms with Crippen LogP contribution in [0.4, 0.5) is 0 Å². The summed E-state index contributed by atoms with van der Waals surface area (Å²) in [7, 11) is -3.15. The molecule has 2 atom stereocenters. The van der Waals surface area contributed by atoms with Gasteiger partial charge in [-0.2, -0.15) is 0 Å². The number of carbonyl (C=O) groups is 2. The van der Waals surface area contributed by atoms with Gasteiger partial charge in [0.15, 0.2) is 0 Å². The number of carbonyl (C=O) groups excluding carboxylic acids is 2. The Labute approximate surface area is 120 Å². The predicted octanol–water partition coefficient (Wildman–Crippen LogP) is -0.111. The third-order valence-corrected chi connectivity index (χ3v) is 4.95. The molecule has 6 nitrogen and oxygen atoms in total. The third kappa shape index (κ3) is 2.82. The van der Waals surface area contributed by atoms with E-state index in [1.165, 1.54) is 4.90 Å². The van der Waals surface area contributed by atoms with Gasteiger partial charge in [-0.1, -0.05) is 13.8 Å². The molecule has 2 rings (SSSR count). The molecular formula is C13H22N2O4S. The number of hydrogen-bond acceptors (Lipinski definition) is 4. The average molecular weight is 302 g/mol. The molecule has 114 valence electrons. The van der Waals surface area contributed by atoms with Gasteiger partial charge in [0.1, 0.15) is 21.9 Å². The van der Waals surface area contributed by atoms with Crippen LogP contribution in [0.2, 0.25) is 0 Å². The second-order valence-electron chi connectivity index (χ2n) is 6.04. The van der Waals surface area contributed by atoms with Gasteiger partial charge in [-0.15, -0.1) is 0 Å². The van der Waals surface area contributed by atoms with Gasteiger partial charge >= 0.3 is 0 Å². The van der Waals surface area contributed by atoms with Crippen LogP contribution in [0, 0.1) is 5.92 Å². The number of amides is 2. The first-order chi connectivity index (χ1) is 9.22. The molecule has 0 aromatic rings. The lowest BCUT2D eigenvalue weighted by Gasteiger charge is -2.43. The minimum absolute atomic E-state index is 0.0208. The molecule has 0 aromatic carbocycles. The standard InChI is InChI=1S/C13H22N2O4S/c1-9(2)11-13(17)14-6-4-5-10(14)12(16)15(11)7-8-20(3,18)19/h9-11H,4-8H2,1-3H3. The molecule has 7 heteroatoms. The van der Waals surface area contributed by atoms with Crippen LogP contribution in [-0.2, 0) is 19.4 Å². The maximum absolute atomic E-state index is 12.5. The van der Waals surface area contributed by atoms with Crippen molar-refractivity contribution in [1.29, 1.82) is 0 Å². The van der Waals surface area contributed by atoms with Crippen molar-refractivity contribution in [3.05, 3.63) is 0 Å². The number of fused-ring (bicyclic) bond motifs is 1. The van der Waals surface area contributed by atoms with Crippen LogP contribution in [0.15, 0.2) is 0 Å². The second-order valence-corrected chi connectivity index (χ2v) is 8.30. The minimum Gasteiger partial charge on any atom is -0.329 e. The maximum Gasteiger partial charge on any atom is 0.246 e. The van der Waals surface area contributed by atoms with Crippen molar-refractivity contribution in [3.8, 4) is 0 Å². The van der Waals surface area contributed by atoms with Gasteiger partial charge in [-0.25, -0.2) is 8.42 Å². The number of rotatable bonds is 4. The van der Waals surface area contributed by atoms with Crippen LogP contribution in [0.1, 0.15) is 26.7 Å². The van der Waals surface area contributed by atoms with E-state index in [1.807, 2.05) is 13.8 Å². The smallest absolute Gasteiger partial charge is 0.246 e. The first-order valence-electron chi connectivity index (χ1n) is 7.01. The lowest BCUT2D eigenvalue weighted by atomic mass is 9.96. The normalized spacial score (nSPS) is 27.4. The Bertz CT molecular complexity index is 514. The first kappa shape index (κ1) is 15.3. The van der Waals surface area contributed by atoms with E-state index in [-0.39, 0.29) is 36.1 Å². The molecule has 2 unspecified atom stereocenters. The maximum atomic E-state index is 12.5. The highest BCUT2D eigenvalue weighted by Crippen LogP contribution is 2.29. The molecule has 0 aromatic heterocycles. The highest BCUT2D eigenvalue weighted by atomic mass is 32.2. The summed E-state index contributed by atoms with van der Waals surface area (Å²) >= 11 is 0. The van der Waals surface area contributed by atoms with Gasteiger partial charge in [0.25, 0.3) is 0 Å². The summed E-state index contributed by atoms with van der Waals surface area (Å²) < 4.78 is 22.7. The summed E-state index contributed by atoms with van der Waals surface area (Å²) in [5.74, 6) is -0.241. The molecule has 2 fully saturated rings. The van der Waals surface area contributed by atoms with Crippen molar-refractivity contribution >= 4 is 21.7 Å². The average Bonchev–Trinajstić information content (AvgIpc) is 2.79. The van der Waals surface area contributed by atoms with E-state index < -0.39 is 15.9 Å². The fraction of sp³-hybridized carbons (Fsp3) is 0.846. The fourth-order valence-corrected chi connectivity index (χ4v) is 3.61. The van der Waals surface area contributed by atoms with Gasteiger partial charge < -0.3 is 9.80 Å². The zero-order chi connectivity index (χ0) is 15.1. The molecular weight excluding hydrogens is 280 g/mol. The number of piperazine rings is 1. The summed E-state index contributed by atoms with van der Waals surface area (Å²) in [4.78, 5) is 28.2. The van der Waals surface area contributed by atoms with Crippen molar-refractivity contribution in [3.63, 3.8) is 0 Å². The monoisotopic (exact) mass is 302 g/mol. The summed E-state index contributed by atoms with van der Waals surface area (Å²) in [6, 6.07) is -0.907. The Kier molecular flexibility index (Phi) is 4.09. The number of nitrogens with zero attached hydrogens (tertiary/aromatic N) is 2. The Morgan fingerprint density at radius 1 is 1.25 bits per heavy atom. The molecule has 0 N–H and O–H groups in total. The van der Waals surface area contributed by atoms with Crippen molar-refractivity contribution < 1.29 is 18.0 Å². The van der Waals surface area contributed by atoms with Crippen molar-refractivity contribution in [2.24, 2.45) is 5.92 Å². The second kappa shape index (κ2) is 5.35. The molecule has 20 heavy (non-hydrogen) atoms. The first-order valence-corrected chi connectivity index (χ1v) is 9.07. The van der Waals surface area contributed by atoms with E-state index in [0.29, 0.717) is 13.0 Å². The lowest BCUT2D eigenvalue weighted by Crippen LogP contribution is -2.64. The fourth-order valence-electron chi connectivity index (χ4n) is 3.08. The lowest BCUT2D eigenvalue weighted by molar-refractivity contribution is -0.161. The van der Waals surface area contributed by atoms with Gasteiger partial charge in [0.2, 0.25) is 11.8 Å². The number of sulfone groups is 1. The molecule has 2 amide bonds. The largest absolute Gasteiger partial charge is 0.329 e. The molecule has 2 aliphatic heterocycles. The van der Waals surface area contributed by atoms with Gasteiger partial charge in [-0.3, -0.25) is 9.59 Å². The number of hydrogen-bond donors (Lipinski definition) is 0. The topological polar surface area (TPSA) is 74.8 Å². The molecule has 0 aliphatic carbocycles. The molecule has 2 saturated heterocycles. The molecule has 0 spiro atoms. The van der Waals surface area contributed by atoms with E-state index in [2.05, 4.69) is 0 Å². The van der Waals surface area contributed by atoms with Crippen LogP contribution in [-0.4, -0.2) is 67.2 Å². The molecule has 0 saturated carbocycles. The Hall–Kier alpha value is -1.11. The van der Waals surface area contributed by atoms with Crippen molar-refractivity contribution in [2.75, 3.05) is 25.1 Å². The van der Waals surface area contributed by atoms with Crippen LogP contribution < -0.4 is 0 Å². The highest BCUT2D eigenvalue weighted by molar-refractivity contribution is 7.90. The quantitative estimate of drug-likeness (QED) is 0.726. The van der Waals surface area contributed by atoms with Crippen LogP contribution in [0.25, 0.3) is 0 Å². The van der Waals surface area contributed by atoms with E-state index in [4.69, 9.17) is 0 Å². The highest BCUT2D eigenvalue weighted by Gasteiger charge is 2.48. The van der Waals surface area contributed by atoms with Gasteiger partial charge in [0.05, 0.1) is 5.75 Å². The third-order valence-electron chi connectivity index (χ3n) is 4.03.